The molecule has 0 spiro atoms. The summed E-state index contributed by atoms with van der Waals surface area (Å²) in [4.78, 5) is 40.9. The minimum absolute atomic E-state index is 0.302. The van der Waals surface area contributed by atoms with E-state index in [1.165, 1.54) is 16.7 Å². The van der Waals surface area contributed by atoms with Crippen molar-refractivity contribution in [2.75, 3.05) is 25.1 Å². The Hall–Kier alpha value is -2.73. The van der Waals surface area contributed by atoms with Crippen molar-refractivity contribution in [3.8, 4) is 6.07 Å². The molecule has 0 saturated heterocycles. The fourth-order valence-corrected chi connectivity index (χ4v) is 3.88. The number of nitrogens with zero attached hydrogens (tertiary/aromatic N) is 2. The van der Waals surface area contributed by atoms with Gasteiger partial charge < -0.3 is 20.3 Å². The van der Waals surface area contributed by atoms with Crippen LogP contribution in [0.2, 0.25) is 0 Å². The molecule has 0 aliphatic heterocycles. The van der Waals surface area contributed by atoms with Crippen molar-refractivity contribution >= 4 is 29.7 Å². The van der Waals surface area contributed by atoms with Gasteiger partial charge in [0.05, 0.1) is 6.07 Å². The number of hydrogen-bond donors (Lipinski definition) is 2. The smallest absolute Gasteiger partial charge is 0.408 e. The molecule has 2 atom stereocenters. The molecular formula is C26H40N4O4S. The van der Waals surface area contributed by atoms with Crippen LogP contribution in [0.4, 0.5) is 4.79 Å². The first-order chi connectivity index (χ1) is 16.4. The zero-order valence-corrected chi connectivity index (χ0v) is 22.9. The van der Waals surface area contributed by atoms with E-state index < -0.39 is 29.7 Å². The highest BCUT2D eigenvalue weighted by molar-refractivity contribution is 7.98. The molecule has 9 heteroatoms. The molecule has 0 aromatic heterocycles. The zero-order valence-electron chi connectivity index (χ0n) is 22.1. The predicted molar refractivity (Wildman–Crippen MR) is 140 cm³/mol. The molecule has 1 rings (SSSR count). The van der Waals surface area contributed by atoms with E-state index in [2.05, 4.69) is 10.6 Å². The number of nitriles is 1. The van der Waals surface area contributed by atoms with Crippen LogP contribution in [-0.2, 0) is 14.3 Å². The van der Waals surface area contributed by atoms with Crippen molar-refractivity contribution < 1.29 is 19.1 Å². The van der Waals surface area contributed by atoms with Crippen LogP contribution in [0.5, 0.6) is 0 Å². The van der Waals surface area contributed by atoms with Gasteiger partial charge in [-0.2, -0.15) is 17.0 Å². The summed E-state index contributed by atoms with van der Waals surface area (Å²) >= 11 is 1.53. The minimum Gasteiger partial charge on any atom is -0.444 e. The van der Waals surface area contributed by atoms with Crippen LogP contribution in [-0.4, -0.2) is 59.5 Å². The Balaban J connectivity index is 3.41. The highest BCUT2D eigenvalue weighted by Crippen LogP contribution is 2.25. The number of hydrogen-bond acceptors (Lipinski definition) is 6. The first-order valence-corrected chi connectivity index (χ1v) is 13.3. The number of rotatable bonds is 12. The van der Waals surface area contributed by atoms with Crippen LogP contribution in [0.25, 0.3) is 0 Å². The maximum absolute atomic E-state index is 13.8. The van der Waals surface area contributed by atoms with Gasteiger partial charge >= 0.3 is 6.09 Å². The van der Waals surface area contributed by atoms with Gasteiger partial charge in [0.1, 0.15) is 24.2 Å². The molecule has 1 aromatic rings. The summed E-state index contributed by atoms with van der Waals surface area (Å²) in [5.74, 6) is -0.254. The van der Waals surface area contributed by atoms with Crippen molar-refractivity contribution in [3.05, 3.63) is 34.9 Å². The summed E-state index contributed by atoms with van der Waals surface area (Å²) in [7, 11) is 0. The lowest BCUT2D eigenvalue weighted by atomic mass is 9.98. The van der Waals surface area contributed by atoms with Crippen molar-refractivity contribution in [3.63, 3.8) is 0 Å². The first kappa shape index (κ1) is 30.3. The van der Waals surface area contributed by atoms with Crippen molar-refractivity contribution in [1.82, 2.24) is 15.5 Å². The van der Waals surface area contributed by atoms with E-state index in [4.69, 9.17) is 4.74 Å². The number of benzene rings is 1. The fourth-order valence-electron chi connectivity index (χ4n) is 3.41. The van der Waals surface area contributed by atoms with Crippen molar-refractivity contribution in [2.45, 2.75) is 78.5 Å². The number of carbonyl (C=O) groups is 3. The lowest BCUT2D eigenvalue weighted by Crippen LogP contribution is -2.53. The van der Waals surface area contributed by atoms with Gasteiger partial charge in [-0.05, 0) is 76.2 Å². The standard InChI is InChI=1S/C26H40N4O4S/c1-8-9-14-28-23(31)22(20-11-10-18(2)19(3)17-20)30(15-13-27)24(32)21(12-16-35-7)29-25(33)34-26(4,5)6/h10-11,17,21-22H,8-9,12,14-16H2,1-7H3,(H,28,31)(H,29,33). The van der Waals surface area contributed by atoms with E-state index in [1.807, 2.05) is 51.3 Å². The highest BCUT2D eigenvalue weighted by Gasteiger charge is 2.36. The van der Waals surface area contributed by atoms with Crippen LogP contribution in [0, 0.1) is 25.2 Å². The number of nitrogens with one attached hydrogen (secondary N) is 2. The second-order valence-corrected chi connectivity index (χ2v) is 10.5. The van der Waals surface area contributed by atoms with Gasteiger partial charge in [-0.15, -0.1) is 0 Å². The Kier molecular flexibility index (Phi) is 12.7. The van der Waals surface area contributed by atoms with E-state index in [9.17, 15) is 19.6 Å². The third-order valence-corrected chi connectivity index (χ3v) is 6.00. The molecule has 0 saturated carbocycles. The molecule has 0 aliphatic carbocycles. The van der Waals surface area contributed by atoms with E-state index in [-0.39, 0.29) is 12.5 Å². The molecule has 1 aromatic carbocycles. The average molecular weight is 505 g/mol. The first-order valence-electron chi connectivity index (χ1n) is 12.0. The summed E-state index contributed by atoms with van der Waals surface area (Å²) in [5.41, 5.74) is 1.92. The summed E-state index contributed by atoms with van der Waals surface area (Å²) < 4.78 is 5.35. The van der Waals surface area contributed by atoms with Gasteiger partial charge in [-0.25, -0.2) is 4.79 Å². The molecule has 0 fully saturated rings. The monoisotopic (exact) mass is 504 g/mol. The normalized spacial score (nSPS) is 12.7. The Morgan fingerprint density at radius 3 is 2.43 bits per heavy atom. The average Bonchev–Trinajstić information content (AvgIpc) is 2.77. The number of carbonyl (C=O) groups excluding carboxylic acids is 3. The quantitative estimate of drug-likeness (QED) is 0.325. The van der Waals surface area contributed by atoms with Gasteiger partial charge in [0.2, 0.25) is 11.8 Å². The van der Waals surface area contributed by atoms with Crippen LogP contribution in [0.3, 0.4) is 0 Å². The second kappa shape index (κ2) is 14.6. The van der Waals surface area contributed by atoms with Gasteiger partial charge in [0.15, 0.2) is 0 Å². The highest BCUT2D eigenvalue weighted by atomic mass is 32.2. The molecule has 2 N–H and O–H groups in total. The van der Waals surface area contributed by atoms with E-state index in [0.717, 1.165) is 24.0 Å². The van der Waals surface area contributed by atoms with Crippen LogP contribution >= 0.6 is 11.8 Å². The van der Waals surface area contributed by atoms with Crippen LogP contribution < -0.4 is 10.6 Å². The number of aryl methyl sites for hydroxylation is 2. The molecule has 3 amide bonds. The molecule has 0 aliphatic rings. The zero-order chi connectivity index (χ0) is 26.6. The Bertz CT molecular complexity index is 908. The lowest BCUT2D eigenvalue weighted by molar-refractivity contribution is -0.141. The van der Waals surface area contributed by atoms with Crippen LogP contribution in [0.15, 0.2) is 18.2 Å². The van der Waals surface area contributed by atoms with Gasteiger partial charge in [0.25, 0.3) is 0 Å². The third kappa shape index (κ3) is 10.2. The summed E-state index contributed by atoms with van der Waals surface area (Å²) in [6.45, 7) is 11.3. The van der Waals surface area contributed by atoms with Gasteiger partial charge in [-0.1, -0.05) is 31.5 Å². The molecule has 8 nitrogen and oxygen atoms in total. The Morgan fingerprint density at radius 1 is 1.20 bits per heavy atom. The summed E-state index contributed by atoms with van der Waals surface area (Å²) in [6, 6.07) is 5.66. The molecule has 0 radical (unpaired) electrons. The molecule has 35 heavy (non-hydrogen) atoms. The van der Waals surface area contributed by atoms with E-state index in [0.29, 0.717) is 24.3 Å². The summed E-state index contributed by atoms with van der Waals surface area (Å²) in [6.07, 6.45) is 3.23. The SMILES string of the molecule is CCCCNC(=O)C(c1ccc(C)c(C)c1)N(CC#N)C(=O)C(CCSC)NC(=O)OC(C)(C)C. The largest absolute Gasteiger partial charge is 0.444 e. The number of ether oxygens (including phenoxy) is 1. The Labute approximate surface area is 214 Å². The van der Waals surface area contributed by atoms with E-state index in [1.54, 1.807) is 20.8 Å². The van der Waals surface area contributed by atoms with Gasteiger partial charge in [-0.3, -0.25) is 9.59 Å². The topological polar surface area (TPSA) is 112 Å². The Morgan fingerprint density at radius 2 is 1.89 bits per heavy atom. The van der Waals surface area contributed by atoms with E-state index >= 15 is 0 Å². The lowest BCUT2D eigenvalue weighted by Gasteiger charge is -2.33. The van der Waals surface area contributed by atoms with Crippen molar-refractivity contribution in [1.29, 1.82) is 5.26 Å². The number of amides is 3. The second-order valence-electron chi connectivity index (χ2n) is 9.50. The minimum atomic E-state index is -1.00. The van der Waals surface area contributed by atoms with Crippen molar-refractivity contribution in [2.24, 2.45) is 0 Å². The molecular weight excluding hydrogens is 464 g/mol. The number of thioether (sulfide) groups is 1. The maximum Gasteiger partial charge on any atom is 0.408 e. The molecule has 194 valence electrons. The molecule has 0 bridgehead atoms. The number of alkyl carbamates (subject to hydrolysis) is 1. The summed E-state index contributed by atoms with van der Waals surface area (Å²) in [5, 5.41) is 15.1. The van der Waals surface area contributed by atoms with Gasteiger partial charge in [0, 0.05) is 6.54 Å². The molecule has 0 heterocycles. The number of unbranched alkanes of at least 4 members (excludes halogenated alkanes) is 1. The predicted octanol–water partition coefficient (Wildman–Crippen LogP) is 4.26. The molecule has 2 unspecified atom stereocenters. The third-order valence-electron chi connectivity index (χ3n) is 5.36. The maximum atomic E-state index is 13.8. The van der Waals surface area contributed by atoms with Crippen LogP contribution in [0.1, 0.15) is 69.7 Å². The fraction of sp³-hybridized carbons (Fsp3) is 0.615.